The number of nitrogens with zero attached hydrogens (tertiary/aromatic N) is 3. The molecular formula is C10H9ClN4. The van der Waals surface area contributed by atoms with Crippen LogP contribution in [0.25, 0.3) is 5.65 Å². The monoisotopic (exact) mass is 220 g/mol. The lowest BCUT2D eigenvalue weighted by Crippen LogP contribution is -2.12. The zero-order valence-electron chi connectivity index (χ0n) is 8.00. The van der Waals surface area contributed by atoms with E-state index in [0.717, 1.165) is 17.9 Å². The van der Waals surface area contributed by atoms with Crippen LogP contribution in [0.5, 0.6) is 0 Å². The van der Waals surface area contributed by atoms with Gasteiger partial charge >= 0.3 is 0 Å². The second-order valence-electron chi connectivity index (χ2n) is 4.39. The molecule has 1 N–H and O–H groups in total. The van der Waals surface area contributed by atoms with E-state index in [1.165, 1.54) is 18.5 Å². The maximum atomic E-state index is 5.91. The van der Waals surface area contributed by atoms with Crippen LogP contribution in [0.4, 0.5) is 5.69 Å². The molecule has 0 aromatic carbocycles. The Bertz CT molecular complexity index is 570. The van der Waals surface area contributed by atoms with Gasteiger partial charge in [-0.3, -0.25) is 0 Å². The third kappa shape index (κ3) is 0.880. The summed E-state index contributed by atoms with van der Waals surface area (Å²) in [7, 11) is 0. The highest BCUT2D eigenvalue weighted by molar-refractivity contribution is 6.29. The van der Waals surface area contributed by atoms with Gasteiger partial charge in [-0.25, -0.2) is 9.50 Å². The molecule has 0 amide bonds. The lowest BCUT2D eigenvalue weighted by Gasteiger charge is -2.07. The normalized spacial score (nSPS) is 20.6. The molecule has 1 spiro atoms. The Hall–Kier alpha value is -1.29. The lowest BCUT2D eigenvalue weighted by molar-refractivity contribution is 0.705. The van der Waals surface area contributed by atoms with Crippen LogP contribution in [0, 0.1) is 0 Å². The maximum absolute atomic E-state index is 5.91. The summed E-state index contributed by atoms with van der Waals surface area (Å²) < 4.78 is 1.89. The van der Waals surface area contributed by atoms with Gasteiger partial charge in [0.2, 0.25) is 0 Å². The molecule has 1 aliphatic carbocycles. The Balaban J connectivity index is 2.14. The molecule has 1 aliphatic heterocycles. The molecule has 76 valence electrons. The zero-order chi connectivity index (χ0) is 10.0. The van der Waals surface area contributed by atoms with Gasteiger partial charge in [0, 0.05) is 18.0 Å². The second-order valence-corrected chi connectivity index (χ2v) is 4.78. The molecule has 1 fully saturated rings. The Morgan fingerprint density at radius 1 is 1.47 bits per heavy atom. The summed E-state index contributed by atoms with van der Waals surface area (Å²) in [5, 5.41) is 8.20. The van der Waals surface area contributed by atoms with Crippen molar-refractivity contribution in [3.63, 3.8) is 0 Å². The third-order valence-electron chi connectivity index (χ3n) is 3.43. The smallest absolute Gasteiger partial charge is 0.156 e. The van der Waals surface area contributed by atoms with Gasteiger partial charge in [0.15, 0.2) is 10.8 Å². The van der Waals surface area contributed by atoms with Crippen LogP contribution in [0.3, 0.4) is 0 Å². The van der Waals surface area contributed by atoms with Crippen LogP contribution < -0.4 is 5.32 Å². The largest absolute Gasteiger partial charge is 0.381 e. The van der Waals surface area contributed by atoms with Crippen molar-refractivity contribution in [1.82, 2.24) is 14.6 Å². The van der Waals surface area contributed by atoms with E-state index in [-0.39, 0.29) is 0 Å². The molecule has 2 aromatic rings. The fraction of sp³-hybridized carbons (Fsp3) is 0.400. The van der Waals surface area contributed by atoms with Gasteiger partial charge in [0.1, 0.15) is 0 Å². The van der Waals surface area contributed by atoms with E-state index in [1.54, 1.807) is 6.07 Å². The molecule has 15 heavy (non-hydrogen) atoms. The van der Waals surface area contributed by atoms with Crippen LogP contribution in [-0.4, -0.2) is 21.1 Å². The fourth-order valence-corrected chi connectivity index (χ4v) is 2.63. The van der Waals surface area contributed by atoms with Crippen molar-refractivity contribution < 1.29 is 0 Å². The molecule has 2 aliphatic rings. The summed E-state index contributed by atoms with van der Waals surface area (Å²) in [6, 6.07) is 1.80. The van der Waals surface area contributed by atoms with Gasteiger partial charge in [0.25, 0.3) is 0 Å². The van der Waals surface area contributed by atoms with Crippen molar-refractivity contribution in [2.75, 3.05) is 11.9 Å². The van der Waals surface area contributed by atoms with Crippen molar-refractivity contribution in [2.24, 2.45) is 0 Å². The zero-order valence-corrected chi connectivity index (χ0v) is 8.75. The van der Waals surface area contributed by atoms with Crippen LogP contribution in [0.15, 0.2) is 12.3 Å². The summed E-state index contributed by atoms with van der Waals surface area (Å²) in [4.78, 5) is 4.32. The van der Waals surface area contributed by atoms with Gasteiger partial charge in [-0.15, -0.1) is 0 Å². The van der Waals surface area contributed by atoms with Gasteiger partial charge in [-0.1, -0.05) is 11.6 Å². The van der Waals surface area contributed by atoms with Crippen molar-refractivity contribution in [1.29, 1.82) is 0 Å². The summed E-state index contributed by atoms with van der Waals surface area (Å²) in [5.74, 6) is 0. The van der Waals surface area contributed by atoms with Crippen LogP contribution in [0.2, 0.25) is 5.15 Å². The Kier molecular flexibility index (Phi) is 1.20. The van der Waals surface area contributed by atoms with Crippen LogP contribution in [0.1, 0.15) is 18.5 Å². The number of nitrogens with one attached hydrogen (secondary N) is 1. The number of fused-ring (bicyclic) bond motifs is 4. The first-order valence-corrected chi connectivity index (χ1v) is 5.45. The first-order valence-electron chi connectivity index (χ1n) is 5.07. The highest BCUT2D eigenvalue weighted by Crippen LogP contribution is 2.53. The molecule has 2 aromatic heterocycles. The number of aromatic nitrogens is 3. The van der Waals surface area contributed by atoms with E-state index in [9.17, 15) is 0 Å². The van der Waals surface area contributed by atoms with E-state index in [0.29, 0.717) is 10.6 Å². The first-order chi connectivity index (χ1) is 7.28. The van der Waals surface area contributed by atoms with Crippen molar-refractivity contribution >= 4 is 22.9 Å². The number of rotatable bonds is 0. The van der Waals surface area contributed by atoms with Crippen molar-refractivity contribution in [3.8, 4) is 0 Å². The Morgan fingerprint density at radius 2 is 2.33 bits per heavy atom. The molecule has 5 heteroatoms. The van der Waals surface area contributed by atoms with E-state index in [1.807, 2.05) is 10.7 Å². The molecular weight excluding hydrogens is 212 g/mol. The fourth-order valence-electron chi connectivity index (χ4n) is 2.46. The van der Waals surface area contributed by atoms with Crippen LogP contribution in [-0.2, 0) is 5.41 Å². The molecule has 4 rings (SSSR count). The second kappa shape index (κ2) is 2.27. The maximum Gasteiger partial charge on any atom is 0.156 e. The predicted molar refractivity (Wildman–Crippen MR) is 57.4 cm³/mol. The van der Waals surface area contributed by atoms with E-state index in [4.69, 9.17) is 11.6 Å². The average Bonchev–Trinajstić information content (AvgIpc) is 2.73. The number of hydrogen-bond donors (Lipinski definition) is 1. The first kappa shape index (κ1) is 7.93. The summed E-state index contributed by atoms with van der Waals surface area (Å²) in [6.07, 6.45) is 4.36. The Morgan fingerprint density at radius 3 is 3.13 bits per heavy atom. The van der Waals surface area contributed by atoms with E-state index < -0.39 is 0 Å². The Labute approximate surface area is 91.3 Å². The molecule has 1 saturated carbocycles. The average molecular weight is 221 g/mol. The molecule has 0 atom stereocenters. The predicted octanol–water partition coefficient (Wildman–Crippen LogP) is 1.84. The molecule has 4 nitrogen and oxygen atoms in total. The van der Waals surface area contributed by atoms with Crippen molar-refractivity contribution in [2.45, 2.75) is 18.3 Å². The number of hydrogen-bond acceptors (Lipinski definition) is 3. The number of anilines is 1. The molecule has 0 unspecified atom stereocenters. The third-order valence-corrected chi connectivity index (χ3v) is 3.61. The SMILES string of the molecule is Clc1cc2ncc3c(n2n1)C1(CC1)CN3. The minimum atomic E-state index is 0.311. The molecule has 0 radical (unpaired) electrons. The van der Waals surface area contributed by atoms with Gasteiger partial charge in [-0.05, 0) is 12.8 Å². The molecule has 0 bridgehead atoms. The summed E-state index contributed by atoms with van der Waals surface area (Å²) in [6.45, 7) is 1.01. The minimum absolute atomic E-state index is 0.311. The van der Waals surface area contributed by atoms with E-state index >= 15 is 0 Å². The standard InChI is InChI=1S/C10H9ClN4/c11-7-3-8-12-4-6-9(15(8)14-7)10(1-2-10)5-13-6/h3-4,13H,1-2,5H2. The molecule has 3 heterocycles. The van der Waals surface area contributed by atoms with Gasteiger partial charge in [0.05, 0.1) is 17.6 Å². The highest BCUT2D eigenvalue weighted by Gasteiger charge is 2.51. The summed E-state index contributed by atoms with van der Waals surface area (Å²) in [5.41, 5.74) is 3.53. The molecule has 0 saturated heterocycles. The highest BCUT2D eigenvalue weighted by atomic mass is 35.5. The van der Waals surface area contributed by atoms with E-state index in [2.05, 4.69) is 15.4 Å². The van der Waals surface area contributed by atoms with Gasteiger partial charge < -0.3 is 5.32 Å². The van der Waals surface area contributed by atoms with Crippen molar-refractivity contribution in [3.05, 3.63) is 23.1 Å². The van der Waals surface area contributed by atoms with Gasteiger partial charge in [-0.2, -0.15) is 5.10 Å². The van der Waals surface area contributed by atoms with Crippen LogP contribution >= 0.6 is 11.6 Å². The topological polar surface area (TPSA) is 42.2 Å². The minimum Gasteiger partial charge on any atom is -0.381 e. The summed E-state index contributed by atoms with van der Waals surface area (Å²) >= 11 is 5.91. The number of halogens is 1. The lowest BCUT2D eigenvalue weighted by atomic mass is 10.1. The quantitative estimate of drug-likeness (QED) is 0.737.